The topological polar surface area (TPSA) is 57.6 Å². The number of likely N-dealkylation sites (tertiary alicyclic amines) is 1. The van der Waals surface area contributed by atoms with Crippen molar-refractivity contribution in [1.82, 2.24) is 4.90 Å². The highest BCUT2D eigenvalue weighted by Crippen LogP contribution is 2.16. The van der Waals surface area contributed by atoms with Gasteiger partial charge in [0.05, 0.1) is 12.4 Å². The zero-order valence-corrected chi connectivity index (χ0v) is 11.6. The summed E-state index contributed by atoms with van der Waals surface area (Å²) < 4.78 is 22.8. The van der Waals surface area contributed by atoms with Crippen molar-refractivity contribution in [1.29, 1.82) is 0 Å². The van der Waals surface area contributed by atoms with E-state index >= 15 is 0 Å². The first-order chi connectivity index (χ1) is 8.09. The minimum absolute atomic E-state index is 0.195. The van der Waals surface area contributed by atoms with E-state index in [4.69, 9.17) is 0 Å². The van der Waals surface area contributed by atoms with Crippen LogP contribution < -0.4 is 0 Å². The molecule has 0 bridgehead atoms. The Bertz CT molecular complexity index is 303. The van der Waals surface area contributed by atoms with Crippen LogP contribution in [0.4, 0.5) is 0 Å². The van der Waals surface area contributed by atoms with E-state index in [-0.39, 0.29) is 24.2 Å². The van der Waals surface area contributed by atoms with Gasteiger partial charge in [-0.1, -0.05) is 19.8 Å². The normalized spacial score (nSPS) is 23.5. The van der Waals surface area contributed by atoms with Crippen LogP contribution in [0.15, 0.2) is 0 Å². The number of sulfone groups is 1. The van der Waals surface area contributed by atoms with Gasteiger partial charge in [0, 0.05) is 11.8 Å². The summed E-state index contributed by atoms with van der Waals surface area (Å²) >= 11 is 0. The van der Waals surface area contributed by atoms with Crippen LogP contribution in [-0.4, -0.2) is 55.7 Å². The second-order valence-corrected chi connectivity index (χ2v) is 7.28. The quantitative estimate of drug-likeness (QED) is 0.778. The van der Waals surface area contributed by atoms with Crippen LogP contribution in [-0.2, 0) is 9.84 Å². The highest BCUT2D eigenvalue weighted by molar-refractivity contribution is 7.91. The molecule has 17 heavy (non-hydrogen) atoms. The van der Waals surface area contributed by atoms with E-state index < -0.39 is 9.84 Å². The molecule has 1 atom stereocenters. The van der Waals surface area contributed by atoms with Gasteiger partial charge in [-0.3, -0.25) is 4.90 Å². The van der Waals surface area contributed by atoms with Crippen LogP contribution in [0, 0.1) is 0 Å². The molecule has 0 aliphatic carbocycles. The molecule has 0 spiro atoms. The van der Waals surface area contributed by atoms with Gasteiger partial charge in [-0.25, -0.2) is 8.42 Å². The lowest BCUT2D eigenvalue weighted by Gasteiger charge is -2.28. The fourth-order valence-electron chi connectivity index (χ4n) is 2.37. The molecule has 102 valence electrons. The van der Waals surface area contributed by atoms with Gasteiger partial charge in [0.15, 0.2) is 0 Å². The van der Waals surface area contributed by atoms with E-state index in [1.165, 1.54) is 12.8 Å². The van der Waals surface area contributed by atoms with Gasteiger partial charge in [-0.2, -0.15) is 0 Å². The molecule has 0 aromatic carbocycles. The van der Waals surface area contributed by atoms with E-state index in [2.05, 4.69) is 4.90 Å². The Kier molecular flexibility index (Phi) is 6.44. The molecule has 1 unspecified atom stereocenters. The third-order valence-electron chi connectivity index (χ3n) is 3.55. The lowest BCUT2D eigenvalue weighted by atomic mass is 10.1. The first-order valence-electron chi connectivity index (χ1n) is 6.64. The SMILES string of the molecule is CCS(=O)(=O)CCCN1CCCCCC1CO. The zero-order valence-electron chi connectivity index (χ0n) is 10.8. The van der Waals surface area contributed by atoms with Crippen molar-refractivity contribution >= 4 is 9.84 Å². The molecule has 1 heterocycles. The smallest absolute Gasteiger partial charge is 0.150 e. The average molecular weight is 263 g/mol. The number of nitrogens with zero attached hydrogens (tertiary/aromatic N) is 1. The second-order valence-electron chi connectivity index (χ2n) is 4.81. The van der Waals surface area contributed by atoms with Crippen molar-refractivity contribution in [2.75, 3.05) is 31.2 Å². The molecule has 0 amide bonds. The van der Waals surface area contributed by atoms with Crippen LogP contribution in [0.2, 0.25) is 0 Å². The van der Waals surface area contributed by atoms with E-state index in [1.807, 2.05) is 0 Å². The molecule has 1 aliphatic rings. The van der Waals surface area contributed by atoms with Gasteiger partial charge in [0.2, 0.25) is 0 Å². The highest BCUT2D eigenvalue weighted by atomic mass is 32.2. The molecule has 4 nitrogen and oxygen atoms in total. The van der Waals surface area contributed by atoms with Crippen LogP contribution in [0.25, 0.3) is 0 Å². The van der Waals surface area contributed by atoms with Gasteiger partial charge < -0.3 is 5.11 Å². The molecule has 0 aromatic heterocycles. The van der Waals surface area contributed by atoms with E-state index in [1.54, 1.807) is 6.92 Å². The molecule has 1 fully saturated rings. The molecule has 0 saturated carbocycles. The Balaban J connectivity index is 2.37. The van der Waals surface area contributed by atoms with Crippen molar-refractivity contribution in [2.45, 2.75) is 45.1 Å². The minimum Gasteiger partial charge on any atom is -0.395 e. The van der Waals surface area contributed by atoms with Gasteiger partial charge >= 0.3 is 0 Å². The number of rotatable bonds is 6. The minimum atomic E-state index is -2.84. The predicted octanol–water partition coefficient (Wildman–Crippen LogP) is 1.05. The molecule has 5 heteroatoms. The molecule has 1 rings (SSSR count). The maximum absolute atomic E-state index is 11.4. The average Bonchev–Trinajstić information content (AvgIpc) is 2.54. The largest absolute Gasteiger partial charge is 0.395 e. The van der Waals surface area contributed by atoms with Gasteiger partial charge in [-0.15, -0.1) is 0 Å². The molecular formula is C12H25NO3S. The summed E-state index contributed by atoms with van der Waals surface area (Å²) in [5.74, 6) is 0.509. The maximum Gasteiger partial charge on any atom is 0.150 e. The van der Waals surface area contributed by atoms with Crippen molar-refractivity contribution in [3.8, 4) is 0 Å². The Morgan fingerprint density at radius 2 is 2.06 bits per heavy atom. The van der Waals surface area contributed by atoms with Crippen molar-refractivity contribution in [3.05, 3.63) is 0 Å². The second kappa shape index (κ2) is 7.34. The molecule has 1 aliphatic heterocycles. The monoisotopic (exact) mass is 263 g/mol. The van der Waals surface area contributed by atoms with Crippen LogP contribution >= 0.6 is 0 Å². The molecule has 1 saturated heterocycles. The first kappa shape index (κ1) is 14.9. The van der Waals surface area contributed by atoms with Gasteiger partial charge in [0.1, 0.15) is 9.84 Å². The predicted molar refractivity (Wildman–Crippen MR) is 69.9 cm³/mol. The molecular weight excluding hydrogens is 238 g/mol. The summed E-state index contributed by atoms with van der Waals surface area (Å²) in [5, 5.41) is 9.33. The van der Waals surface area contributed by atoms with Gasteiger partial charge in [-0.05, 0) is 32.4 Å². The standard InChI is InChI=1S/C12H25NO3S/c1-2-17(15,16)10-6-9-13-8-5-3-4-7-12(13)11-14/h12,14H,2-11H2,1H3. The molecule has 0 aromatic rings. The number of aliphatic hydroxyl groups is 1. The van der Waals surface area contributed by atoms with Crippen molar-refractivity contribution < 1.29 is 13.5 Å². The Labute approximate surface area is 105 Å². The van der Waals surface area contributed by atoms with Crippen LogP contribution in [0.5, 0.6) is 0 Å². The summed E-state index contributed by atoms with van der Waals surface area (Å²) in [7, 11) is -2.84. The Morgan fingerprint density at radius 3 is 2.71 bits per heavy atom. The third-order valence-corrected chi connectivity index (χ3v) is 5.34. The number of hydrogen-bond donors (Lipinski definition) is 1. The van der Waals surface area contributed by atoms with E-state index in [9.17, 15) is 13.5 Å². The number of hydrogen-bond acceptors (Lipinski definition) is 4. The molecule has 0 radical (unpaired) electrons. The fourth-order valence-corrected chi connectivity index (χ4v) is 3.23. The highest BCUT2D eigenvalue weighted by Gasteiger charge is 2.20. The van der Waals surface area contributed by atoms with Crippen LogP contribution in [0.1, 0.15) is 39.0 Å². The first-order valence-corrected chi connectivity index (χ1v) is 8.46. The lowest BCUT2D eigenvalue weighted by Crippen LogP contribution is -2.38. The third kappa shape index (κ3) is 5.36. The summed E-state index contributed by atoms with van der Waals surface area (Å²) in [6, 6.07) is 0.238. The summed E-state index contributed by atoms with van der Waals surface area (Å²) in [6.45, 7) is 3.68. The van der Waals surface area contributed by atoms with Crippen LogP contribution in [0.3, 0.4) is 0 Å². The number of aliphatic hydroxyl groups excluding tert-OH is 1. The summed E-state index contributed by atoms with van der Waals surface area (Å²) in [4.78, 5) is 2.26. The van der Waals surface area contributed by atoms with Gasteiger partial charge in [0.25, 0.3) is 0 Å². The van der Waals surface area contributed by atoms with Crippen molar-refractivity contribution in [3.63, 3.8) is 0 Å². The summed E-state index contributed by atoms with van der Waals surface area (Å²) in [5.41, 5.74) is 0. The van der Waals surface area contributed by atoms with E-state index in [0.29, 0.717) is 6.42 Å². The Hall–Kier alpha value is -0.130. The lowest BCUT2D eigenvalue weighted by molar-refractivity contribution is 0.125. The van der Waals surface area contributed by atoms with E-state index in [0.717, 1.165) is 25.9 Å². The zero-order chi connectivity index (χ0) is 12.7. The maximum atomic E-state index is 11.4. The Morgan fingerprint density at radius 1 is 1.29 bits per heavy atom. The summed E-state index contributed by atoms with van der Waals surface area (Å²) in [6.07, 6.45) is 5.29. The fraction of sp³-hybridized carbons (Fsp3) is 1.00. The van der Waals surface area contributed by atoms with Crippen molar-refractivity contribution in [2.24, 2.45) is 0 Å². The molecule has 1 N–H and O–H groups in total.